The highest BCUT2D eigenvalue weighted by Crippen LogP contribution is 2.08. The van der Waals surface area contributed by atoms with E-state index in [2.05, 4.69) is 4.90 Å². The van der Waals surface area contributed by atoms with Crippen molar-refractivity contribution in [2.75, 3.05) is 39.0 Å². The molecule has 100 valence electrons. The van der Waals surface area contributed by atoms with Gasteiger partial charge in [0, 0.05) is 20.1 Å². The number of rotatable bonds is 7. The van der Waals surface area contributed by atoms with Crippen LogP contribution in [0.1, 0.15) is 19.3 Å². The molecule has 0 aliphatic carbocycles. The van der Waals surface area contributed by atoms with Crippen LogP contribution in [0.25, 0.3) is 0 Å². The summed E-state index contributed by atoms with van der Waals surface area (Å²) in [6.07, 6.45) is 2.02. The Balaban J connectivity index is 2.33. The Morgan fingerprint density at radius 1 is 1.35 bits per heavy atom. The second kappa shape index (κ2) is 6.32. The molecule has 0 unspecified atom stereocenters. The number of hydrogen-bond acceptors (Lipinski definition) is 4. The largest absolute Gasteiger partial charge is 0.481 e. The first-order valence-electron chi connectivity index (χ1n) is 5.80. The highest BCUT2D eigenvalue weighted by atomic mass is 32.2. The van der Waals surface area contributed by atoms with E-state index in [1.165, 1.54) is 24.2 Å². The van der Waals surface area contributed by atoms with E-state index < -0.39 is 16.0 Å². The minimum absolute atomic E-state index is 0.321. The quantitative estimate of drug-likeness (QED) is 0.690. The molecule has 0 saturated carbocycles. The molecule has 6 nitrogen and oxygen atoms in total. The van der Waals surface area contributed by atoms with Gasteiger partial charge >= 0.3 is 5.97 Å². The summed E-state index contributed by atoms with van der Waals surface area (Å²) in [5.41, 5.74) is 0. The summed E-state index contributed by atoms with van der Waals surface area (Å²) < 4.78 is 24.6. The molecule has 1 heterocycles. The summed E-state index contributed by atoms with van der Waals surface area (Å²) in [5, 5.41) is 8.47. The van der Waals surface area contributed by atoms with Crippen molar-refractivity contribution in [3.05, 3.63) is 0 Å². The smallest absolute Gasteiger partial charge is 0.304 e. The molecule has 0 bridgehead atoms. The lowest BCUT2D eigenvalue weighted by Crippen LogP contribution is -2.36. The molecule has 7 heteroatoms. The summed E-state index contributed by atoms with van der Waals surface area (Å²) in [6, 6.07) is 0. The van der Waals surface area contributed by atoms with Crippen LogP contribution in [0, 0.1) is 0 Å². The predicted octanol–water partition coefficient (Wildman–Crippen LogP) is -0.181. The Bertz CT molecular complexity index is 349. The Kier molecular flexibility index (Phi) is 5.35. The molecule has 1 aliphatic heterocycles. The van der Waals surface area contributed by atoms with Crippen LogP contribution >= 0.6 is 0 Å². The van der Waals surface area contributed by atoms with Crippen LogP contribution in [0.2, 0.25) is 0 Å². The van der Waals surface area contributed by atoms with Gasteiger partial charge in [0.15, 0.2) is 0 Å². The highest BCUT2D eigenvalue weighted by Gasteiger charge is 2.20. The van der Waals surface area contributed by atoms with Crippen molar-refractivity contribution in [2.24, 2.45) is 0 Å². The van der Waals surface area contributed by atoms with Crippen LogP contribution in [0.3, 0.4) is 0 Å². The fourth-order valence-electron chi connectivity index (χ4n) is 1.80. The van der Waals surface area contributed by atoms with Crippen LogP contribution in [0.15, 0.2) is 0 Å². The Labute approximate surface area is 102 Å². The van der Waals surface area contributed by atoms with E-state index in [0.717, 1.165) is 19.6 Å². The molecule has 1 rings (SSSR count). The van der Waals surface area contributed by atoms with Crippen molar-refractivity contribution in [1.82, 2.24) is 9.21 Å². The molecule has 0 spiro atoms. The number of carbonyl (C=O) groups is 1. The van der Waals surface area contributed by atoms with Crippen molar-refractivity contribution in [3.63, 3.8) is 0 Å². The van der Waals surface area contributed by atoms with E-state index in [9.17, 15) is 13.2 Å². The van der Waals surface area contributed by atoms with Gasteiger partial charge in [0.25, 0.3) is 0 Å². The molecule has 1 saturated heterocycles. The van der Waals surface area contributed by atoms with E-state index in [0.29, 0.717) is 6.54 Å². The maximum atomic E-state index is 11.7. The standard InChI is InChI=1S/C10H20N2O4S/c1-11(7-8-12-5-2-3-6-12)17(15,16)9-4-10(13)14/h2-9H2,1H3,(H,13,14). The number of hydrogen-bond donors (Lipinski definition) is 1. The zero-order chi connectivity index (χ0) is 12.9. The van der Waals surface area contributed by atoms with E-state index in [4.69, 9.17) is 5.11 Å². The van der Waals surface area contributed by atoms with E-state index in [1.807, 2.05) is 0 Å². The molecule has 1 aliphatic rings. The summed E-state index contributed by atoms with van der Waals surface area (Å²) in [5.74, 6) is -1.40. The number of likely N-dealkylation sites (N-methyl/N-ethyl adjacent to an activating group) is 1. The molecule has 0 atom stereocenters. The molecular formula is C10H20N2O4S. The van der Waals surface area contributed by atoms with Gasteiger partial charge in [0.05, 0.1) is 12.2 Å². The second-order valence-electron chi connectivity index (χ2n) is 4.33. The number of nitrogens with zero attached hydrogens (tertiary/aromatic N) is 2. The summed E-state index contributed by atoms with van der Waals surface area (Å²) in [4.78, 5) is 12.6. The molecule has 1 fully saturated rings. The van der Waals surface area contributed by atoms with Gasteiger partial charge in [-0.3, -0.25) is 4.79 Å². The summed E-state index contributed by atoms with van der Waals surface area (Å²) >= 11 is 0. The molecule has 0 amide bonds. The third kappa shape index (κ3) is 5.01. The fourth-order valence-corrected chi connectivity index (χ4v) is 2.90. The van der Waals surface area contributed by atoms with Crippen LogP contribution in [-0.2, 0) is 14.8 Å². The monoisotopic (exact) mass is 264 g/mol. The zero-order valence-electron chi connectivity index (χ0n) is 10.1. The maximum Gasteiger partial charge on any atom is 0.304 e. The molecule has 17 heavy (non-hydrogen) atoms. The molecule has 1 N–H and O–H groups in total. The van der Waals surface area contributed by atoms with Crippen LogP contribution in [-0.4, -0.2) is 67.7 Å². The Hall–Kier alpha value is -0.660. The van der Waals surface area contributed by atoms with Crippen molar-refractivity contribution in [3.8, 4) is 0 Å². The third-order valence-electron chi connectivity index (χ3n) is 2.98. The minimum Gasteiger partial charge on any atom is -0.481 e. The number of aliphatic carboxylic acids is 1. The Morgan fingerprint density at radius 3 is 2.47 bits per heavy atom. The van der Waals surface area contributed by atoms with Gasteiger partial charge < -0.3 is 10.0 Å². The minimum atomic E-state index is -3.42. The average Bonchev–Trinajstić information content (AvgIpc) is 2.76. The lowest BCUT2D eigenvalue weighted by Gasteiger charge is -2.20. The van der Waals surface area contributed by atoms with Gasteiger partial charge in [-0.2, -0.15) is 0 Å². The normalized spacial score (nSPS) is 17.8. The first-order valence-corrected chi connectivity index (χ1v) is 7.41. The number of sulfonamides is 1. The van der Waals surface area contributed by atoms with Gasteiger partial charge in [-0.25, -0.2) is 12.7 Å². The SMILES string of the molecule is CN(CCN1CCCC1)S(=O)(=O)CCC(=O)O. The molecule has 0 radical (unpaired) electrons. The van der Waals surface area contributed by atoms with Gasteiger partial charge in [-0.15, -0.1) is 0 Å². The van der Waals surface area contributed by atoms with Gasteiger partial charge in [-0.05, 0) is 25.9 Å². The van der Waals surface area contributed by atoms with Gasteiger partial charge in [0.2, 0.25) is 10.0 Å². The van der Waals surface area contributed by atoms with E-state index in [-0.39, 0.29) is 12.2 Å². The van der Waals surface area contributed by atoms with Gasteiger partial charge in [0.1, 0.15) is 0 Å². The topological polar surface area (TPSA) is 77.9 Å². The van der Waals surface area contributed by atoms with Crippen LogP contribution in [0.5, 0.6) is 0 Å². The highest BCUT2D eigenvalue weighted by molar-refractivity contribution is 7.89. The number of likely N-dealkylation sites (tertiary alicyclic amines) is 1. The Morgan fingerprint density at radius 2 is 1.94 bits per heavy atom. The first kappa shape index (κ1) is 14.4. The third-order valence-corrected chi connectivity index (χ3v) is 4.83. The lowest BCUT2D eigenvalue weighted by atomic mass is 10.4. The molecule has 0 aromatic carbocycles. The van der Waals surface area contributed by atoms with E-state index >= 15 is 0 Å². The molecule has 0 aromatic heterocycles. The fraction of sp³-hybridized carbons (Fsp3) is 0.900. The molecular weight excluding hydrogens is 244 g/mol. The predicted molar refractivity (Wildman–Crippen MR) is 64.3 cm³/mol. The maximum absolute atomic E-state index is 11.7. The van der Waals surface area contributed by atoms with Gasteiger partial charge in [-0.1, -0.05) is 0 Å². The van der Waals surface area contributed by atoms with Crippen molar-refractivity contribution in [1.29, 1.82) is 0 Å². The van der Waals surface area contributed by atoms with Crippen molar-refractivity contribution < 1.29 is 18.3 Å². The second-order valence-corrected chi connectivity index (χ2v) is 6.53. The van der Waals surface area contributed by atoms with Crippen LogP contribution < -0.4 is 0 Å². The lowest BCUT2D eigenvalue weighted by molar-refractivity contribution is -0.136. The van der Waals surface area contributed by atoms with Crippen LogP contribution in [0.4, 0.5) is 0 Å². The first-order chi connectivity index (χ1) is 7.92. The van der Waals surface area contributed by atoms with Crippen molar-refractivity contribution >= 4 is 16.0 Å². The molecule has 0 aromatic rings. The van der Waals surface area contributed by atoms with Crippen molar-refractivity contribution in [2.45, 2.75) is 19.3 Å². The summed E-state index contributed by atoms with van der Waals surface area (Å²) in [6.45, 7) is 3.22. The summed E-state index contributed by atoms with van der Waals surface area (Å²) in [7, 11) is -1.91. The zero-order valence-corrected chi connectivity index (χ0v) is 10.9. The average molecular weight is 264 g/mol. The van der Waals surface area contributed by atoms with E-state index in [1.54, 1.807) is 0 Å². The number of carboxylic acids is 1. The number of carboxylic acid groups (broad SMARTS) is 1.